The Morgan fingerprint density at radius 1 is 1.09 bits per heavy atom. The Labute approximate surface area is 133 Å². The van der Waals surface area contributed by atoms with Gasteiger partial charge in [-0.25, -0.2) is 4.98 Å². The molecule has 0 amide bonds. The first-order valence-corrected chi connectivity index (χ1v) is 8.39. The molecule has 2 aromatic heterocycles. The molecule has 1 aliphatic rings. The molecule has 3 aromatic rings. The number of rotatable bonds is 4. The first kappa shape index (κ1) is 13.7. The number of thiazole rings is 1. The summed E-state index contributed by atoms with van der Waals surface area (Å²) in [5, 5.41) is 0.640. The fourth-order valence-corrected chi connectivity index (χ4v) is 3.55. The van der Waals surface area contributed by atoms with Crippen molar-refractivity contribution < 1.29 is 4.74 Å². The van der Waals surface area contributed by atoms with Crippen LogP contribution in [0.15, 0.2) is 42.6 Å². The van der Waals surface area contributed by atoms with Crippen LogP contribution in [0.25, 0.3) is 10.3 Å². The molecule has 0 atom stereocenters. The minimum atomic E-state index is 0.640. The maximum Gasteiger partial charge on any atom is 0.281 e. The number of aromatic nitrogens is 2. The van der Waals surface area contributed by atoms with Crippen LogP contribution >= 0.6 is 11.3 Å². The van der Waals surface area contributed by atoms with E-state index in [9.17, 15) is 0 Å². The van der Waals surface area contributed by atoms with Gasteiger partial charge in [0.05, 0.1) is 4.70 Å². The van der Waals surface area contributed by atoms with Crippen molar-refractivity contribution in [2.45, 2.75) is 19.4 Å². The summed E-state index contributed by atoms with van der Waals surface area (Å²) >= 11 is 1.52. The molecule has 1 aromatic carbocycles. The normalized spacial score (nSPS) is 15.5. The minimum Gasteiger partial charge on any atom is -0.431 e. The van der Waals surface area contributed by atoms with Crippen molar-refractivity contribution in [1.82, 2.24) is 14.9 Å². The van der Waals surface area contributed by atoms with Crippen LogP contribution < -0.4 is 4.74 Å². The highest BCUT2D eigenvalue weighted by molar-refractivity contribution is 7.20. The Morgan fingerprint density at radius 2 is 1.91 bits per heavy atom. The molecule has 0 bridgehead atoms. The Morgan fingerprint density at radius 3 is 2.68 bits per heavy atom. The quantitative estimate of drug-likeness (QED) is 0.727. The van der Waals surface area contributed by atoms with Gasteiger partial charge in [0, 0.05) is 12.7 Å². The highest BCUT2D eigenvalue weighted by Crippen LogP contribution is 2.30. The van der Waals surface area contributed by atoms with E-state index >= 15 is 0 Å². The third kappa shape index (κ3) is 2.96. The molecule has 1 fully saturated rings. The summed E-state index contributed by atoms with van der Waals surface area (Å²) in [7, 11) is 0. The largest absolute Gasteiger partial charge is 0.431 e. The van der Waals surface area contributed by atoms with Crippen LogP contribution in [-0.4, -0.2) is 28.0 Å². The van der Waals surface area contributed by atoms with Crippen LogP contribution in [-0.2, 0) is 6.54 Å². The highest BCUT2D eigenvalue weighted by Gasteiger charge is 2.12. The number of benzene rings is 1. The van der Waals surface area contributed by atoms with Crippen molar-refractivity contribution in [2.24, 2.45) is 0 Å². The maximum absolute atomic E-state index is 5.84. The molecule has 0 aliphatic carbocycles. The molecule has 0 N–H and O–H groups in total. The van der Waals surface area contributed by atoms with Gasteiger partial charge in [0.25, 0.3) is 5.19 Å². The summed E-state index contributed by atoms with van der Waals surface area (Å²) in [5.74, 6) is 0.823. The second-order valence-corrected chi connectivity index (χ2v) is 6.53. The van der Waals surface area contributed by atoms with Crippen molar-refractivity contribution in [3.8, 4) is 10.9 Å². The van der Waals surface area contributed by atoms with Gasteiger partial charge in [0.1, 0.15) is 5.75 Å². The van der Waals surface area contributed by atoms with E-state index in [1.165, 1.54) is 42.8 Å². The SMILES string of the molecule is c1cnc2nc(Oc3ccc(CN4CCCC4)cc3)sc2c1. The fraction of sp³-hybridized carbons (Fsp3) is 0.294. The zero-order valence-electron chi connectivity index (χ0n) is 12.2. The molecular formula is C17H17N3OS. The lowest BCUT2D eigenvalue weighted by atomic mass is 10.2. The molecule has 112 valence electrons. The summed E-state index contributed by atoms with van der Waals surface area (Å²) < 4.78 is 6.89. The summed E-state index contributed by atoms with van der Waals surface area (Å²) in [6.07, 6.45) is 4.40. The van der Waals surface area contributed by atoms with Gasteiger partial charge in [-0.1, -0.05) is 23.5 Å². The van der Waals surface area contributed by atoms with Gasteiger partial charge >= 0.3 is 0 Å². The smallest absolute Gasteiger partial charge is 0.281 e. The van der Waals surface area contributed by atoms with Gasteiger partial charge in [-0.05, 0) is 55.8 Å². The predicted octanol–water partition coefficient (Wildman–Crippen LogP) is 4.08. The van der Waals surface area contributed by atoms with Gasteiger partial charge in [-0.2, -0.15) is 4.98 Å². The van der Waals surface area contributed by atoms with E-state index in [1.807, 2.05) is 24.3 Å². The van der Waals surface area contributed by atoms with Gasteiger partial charge in [-0.15, -0.1) is 0 Å². The number of fused-ring (bicyclic) bond motifs is 1. The van der Waals surface area contributed by atoms with Gasteiger partial charge in [-0.3, -0.25) is 4.90 Å². The average Bonchev–Trinajstić information content (AvgIpc) is 3.18. The van der Waals surface area contributed by atoms with E-state index in [0.717, 1.165) is 22.6 Å². The van der Waals surface area contributed by atoms with Crippen LogP contribution in [0.1, 0.15) is 18.4 Å². The number of hydrogen-bond donors (Lipinski definition) is 0. The lowest BCUT2D eigenvalue weighted by Gasteiger charge is -2.14. The zero-order valence-corrected chi connectivity index (χ0v) is 13.1. The molecule has 5 heteroatoms. The van der Waals surface area contributed by atoms with Crippen LogP contribution in [0.5, 0.6) is 10.9 Å². The monoisotopic (exact) mass is 311 g/mol. The highest BCUT2D eigenvalue weighted by atomic mass is 32.1. The van der Waals surface area contributed by atoms with E-state index in [2.05, 4.69) is 27.0 Å². The zero-order chi connectivity index (χ0) is 14.8. The summed E-state index contributed by atoms with van der Waals surface area (Å²) in [5.41, 5.74) is 2.08. The Hall–Kier alpha value is -1.98. The maximum atomic E-state index is 5.84. The van der Waals surface area contributed by atoms with Crippen molar-refractivity contribution in [3.05, 3.63) is 48.2 Å². The van der Waals surface area contributed by atoms with Crippen LogP contribution in [0.2, 0.25) is 0 Å². The van der Waals surface area contributed by atoms with Gasteiger partial charge in [0.2, 0.25) is 0 Å². The first-order valence-electron chi connectivity index (χ1n) is 7.57. The number of hydrogen-bond acceptors (Lipinski definition) is 5. The fourth-order valence-electron chi connectivity index (χ4n) is 2.76. The minimum absolute atomic E-state index is 0.640. The van der Waals surface area contributed by atoms with Crippen LogP contribution in [0, 0.1) is 0 Å². The molecule has 4 nitrogen and oxygen atoms in total. The molecule has 1 aliphatic heterocycles. The number of pyridine rings is 1. The number of ether oxygens (including phenoxy) is 1. The topological polar surface area (TPSA) is 38.3 Å². The predicted molar refractivity (Wildman–Crippen MR) is 88.4 cm³/mol. The van der Waals surface area contributed by atoms with Crippen molar-refractivity contribution >= 4 is 21.7 Å². The third-order valence-corrected chi connectivity index (χ3v) is 4.77. The second kappa shape index (κ2) is 6.02. The second-order valence-electron chi connectivity index (χ2n) is 5.53. The van der Waals surface area contributed by atoms with Crippen LogP contribution in [0.3, 0.4) is 0 Å². The average molecular weight is 311 g/mol. The summed E-state index contributed by atoms with van der Waals surface area (Å²) in [6.45, 7) is 3.47. The molecule has 4 rings (SSSR count). The van der Waals surface area contributed by atoms with Gasteiger partial charge in [0.15, 0.2) is 5.65 Å². The molecule has 0 radical (unpaired) electrons. The van der Waals surface area contributed by atoms with Crippen LogP contribution in [0.4, 0.5) is 0 Å². The van der Waals surface area contributed by atoms with Crippen molar-refractivity contribution in [1.29, 1.82) is 0 Å². The van der Waals surface area contributed by atoms with Gasteiger partial charge < -0.3 is 4.74 Å². The van der Waals surface area contributed by atoms with Crippen molar-refractivity contribution in [3.63, 3.8) is 0 Å². The van der Waals surface area contributed by atoms with Crippen molar-refractivity contribution in [2.75, 3.05) is 13.1 Å². The molecule has 22 heavy (non-hydrogen) atoms. The standard InChI is InChI=1S/C17H17N3OS/c1-2-11-20(10-1)12-13-5-7-14(8-6-13)21-17-19-16-15(22-17)4-3-9-18-16/h3-9H,1-2,10-12H2. The lowest BCUT2D eigenvalue weighted by Crippen LogP contribution is -2.18. The summed E-state index contributed by atoms with van der Waals surface area (Å²) in [4.78, 5) is 11.1. The van der Waals surface area contributed by atoms with E-state index in [1.54, 1.807) is 6.20 Å². The van der Waals surface area contributed by atoms with E-state index in [0.29, 0.717) is 5.19 Å². The number of nitrogens with zero attached hydrogens (tertiary/aromatic N) is 3. The Balaban J connectivity index is 1.46. The number of likely N-dealkylation sites (tertiary alicyclic amines) is 1. The Kier molecular flexibility index (Phi) is 3.74. The molecule has 1 saturated heterocycles. The molecule has 0 unspecified atom stereocenters. The third-order valence-electron chi connectivity index (χ3n) is 3.88. The molecular weight excluding hydrogens is 294 g/mol. The van der Waals surface area contributed by atoms with E-state index in [-0.39, 0.29) is 0 Å². The molecule has 0 spiro atoms. The lowest BCUT2D eigenvalue weighted by molar-refractivity contribution is 0.331. The van der Waals surface area contributed by atoms with E-state index in [4.69, 9.17) is 4.74 Å². The van der Waals surface area contributed by atoms with E-state index < -0.39 is 0 Å². The Bertz CT molecular complexity index is 730. The summed E-state index contributed by atoms with van der Waals surface area (Å²) in [6, 6.07) is 12.2. The molecule has 3 heterocycles. The first-order chi connectivity index (χ1) is 10.9. The molecule has 0 saturated carbocycles.